The summed E-state index contributed by atoms with van der Waals surface area (Å²) in [5, 5.41) is 30.2. The van der Waals surface area contributed by atoms with Crippen LogP contribution in [0.1, 0.15) is 13.3 Å². The van der Waals surface area contributed by atoms with E-state index < -0.39 is 43.0 Å². The fraction of sp³-hybridized carbons (Fsp3) is 0.900. The highest BCUT2D eigenvalue weighted by molar-refractivity contribution is 5.75. The lowest BCUT2D eigenvalue weighted by atomic mass is 9.97. The molecule has 2 rings (SSSR count). The van der Waals surface area contributed by atoms with Gasteiger partial charge in [-0.1, -0.05) is 0 Å². The Labute approximate surface area is 103 Å². The minimum Gasteiger partial charge on any atom is -0.394 e. The first-order chi connectivity index (χ1) is 8.37. The first kappa shape index (κ1) is 13.5. The molecular formula is C10H17FN2O5. The number of rotatable bonds is 2. The lowest BCUT2D eigenvalue weighted by molar-refractivity contribution is -0.0972. The molecule has 0 aliphatic carbocycles. The van der Waals surface area contributed by atoms with Gasteiger partial charge in [0.25, 0.3) is 0 Å². The molecule has 7 nitrogen and oxygen atoms in total. The van der Waals surface area contributed by atoms with Crippen LogP contribution in [0.4, 0.5) is 9.18 Å². The Morgan fingerprint density at radius 2 is 2.28 bits per heavy atom. The first-order valence-corrected chi connectivity index (χ1v) is 5.76. The maximum atomic E-state index is 14.4. The lowest BCUT2D eigenvalue weighted by Gasteiger charge is -2.38. The van der Waals surface area contributed by atoms with Crippen LogP contribution in [-0.4, -0.2) is 69.7 Å². The number of hydrogen-bond acceptors (Lipinski definition) is 5. The van der Waals surface area contributed by atoms with Gasteiger partial charge in [-0.2, -0.15) is 0 Å². The standard InChI is InChI=1S/C10H17FN2O5/c1-10(11)7(16)5(4-14)18-8(10)13-3-2-6(15)12-9(13)17/h5-8,14-16H,2-4H2,1H3,(H,12,17)/t5-,6-,7-,8?,10-/m1/s1. The van der Waals surface area contributed by atoms with Crippen molar-refractivity contribution in [3.05, 3.63) is 0 Å². The minimum atomic E-state index is -2.17. The van der Waals surface area contributed by atoms with Gasteiger partial charge in [0.2, 0.25) is 0 Å². The highest BCUT2D eigenvalue weighted by Gasteiger charge is 2.57. The Bertz CT molecular complexity index is 340. The Morgan fingerprint density at radius 3 is 2.78 bits per heavy atom. The number of nitrogens with zero attached hydrogens (tertiary/aromatic N) is 1. The van der Waals surface area contributed by atoms with E-state index in [4.69, 9.17) is 9.84 Å². The molecule has 2 fully saturated rings. The molecule has 4 N–H and O–H groups in total. The molecule has 2 amide bonds. The van der Waals surface area contributed by atoms with Crippen molar-refractivity contribution in [1.82, 2.24) is 10.2 Å². The van der Waals surface area contributed by atoms with E-state index >= 15 is 0 Å². The third-order valence-electron chi connectivity index (χ3n) is 3.37. The quantitative estimate of drug-likeness (QED) is 0.487. The largest absolute Gasteiger partial charge is 0.394 e. The van der Waals surface area contributed by atoms with E-state index in [1.54, 1.807) is 0 Å². The number of hydrogen-bond donors (Lipinski definition) is 4. The predicted molar refractivity (Wildman–Crippen MR) is 57.1 cm³/mol. The van der Waals surface area contributed by atoms with Gasteiger partial charge in [0.15, 0.2) is 11.9 Å². The Hall–Kier alpha value is -0.960. The summed E-state index contributed by atoms with van der Waals surface area (Å²) in [4.78, 5) is 12.7. The van der Waals surface area contributed by atoms with Crippen molar-refractivity contribution >= 4 is 6.03 Å². The molecule has 18 heavy (non-hydrogen) atoms. The summed E-state index contributed by atoms with van der Waals surface area (Å²) >= 11 is 0. The van der Waals surface area contributed by atoms with Gasteiger partial charge in [0, 0.05) is 13.0 Å². The molecule has 0 aromatic heterocycles. The van der Waals surface area contributed by atoms with Crippen molar-refractivity contribution < 1.29 is 29.2 Å². The molecule has 0 radical (unpaired) electrons. The molecule has 2 aliphatic heterocycles. The SMILES string of the molecule is C[C@]1(F)C(N2CC[C@@H](O)NC2=O)O[C@H](CO)[C@H]1O. The Kier molecular flexibility index (Phi) is 3.45. The molecule has 2 heterocycles. The van der Waals surface area contributed by atoms with E-state index in [9.17, 15) is 19.4 Å². The second-order valence-electron chi connectivity index (χ2n) is 4.75. The maximum absolute atomic E-state index is 14.4. The third-order valence-corrected chi connectivity index (χ3v) is 3.37. The summed E-state index contributed by atoms with van der Waals surface area (Å²) < 4.78 is 19.6. The molecule has 0 aromatic rings. The van der Waals surface area contributed by atoms with Crippen LogP contribution in [0.2, 0.25) is 0 Å². The molecule has 5 atom stereocenters. The van der Waals surface area contributed by atoms with Crippen molar-refractivity contribution in [2.24, 2.45) is 0 Å². The van der Waals surface area contributed by atoms with Crippen LogP contribution >= 0.6 is 0 Å². The Balaban J connectivity index is 2.15. The fourth-order valence-corrected chi connectivity index (χ4v) is 2.29. The average molecular weight is 264 g/mol. The summed E-state index contributed by atoms with van der Waals surface area (Å²) in [6.07, 6.45) is -4.57. The highest BCUT2D eigenvalue weighted by Crippen LogP contribution is 2.36. The van der Waals surface area contributed by atoms with Crippen LogP contribution in [-0.2, 0) is 4.74 Å². The minimum absolute atomic E-state index is 0.113. The van der Waals surface area contributed by atoms with Crippen LogP contribution < -0.4 is 5.32 Å². The summed E-state index contributed by atoms with van der Waals surface area (Å²) in [5.41, 5.74) is -2.17. The van der Waals surface area contributed by atoms with Gasteiger partial charge in [0.05, 0.1) is 6.61 Å². The molecular weight excluding hydrogens is 247 g/mol. The van der Waals surface area contributed by atoms with E-state index in [1.165, 1.54) is 0 Å². The van der Waals surface area contributed by atoms with Gasteiger partial charge >= 0.3 is 6.03 Å². The number of carbonyl (C=O) groups excluding carboxylic acids is 1. The lowest BCUT2D eigenvalue weighted by Crippen LogP contribution is -2.60. The number of alkyl halides is 1. The summed E-state index contributed by atoms with van der Waals surface area (Å²) in [5.74, 6) is 0. The van der Waals surface area contributed by atoms with Gasteiger partial charge in [-0.25, -0.2) is 9.18 Å². The molecule has 8 heteroatoms. The molecule has 1 unspecified atom stereocenters. The molecule has 0 saturated carbocycles. The number of amides is 2. The van der Waals surface area contributed by atoms with Crippen LogP contribution in [0.3, 0.4) is 0 Å². The van der Waals surface area contributed by atoms with Gasteiger partial charge < -0.3 is 25.4 Å². The molecule has 2 saturated heterocycles. The number of aliphatic hydroxyl groups is 3. The fourth-order valence-electron chi connectivity index (χ4n) is 2.29. The van der Waals surface area contributed by atoms with Crippen molar-refractivity contribution in [2.45, 2.75) is 43.7 Å². The van der Waals surface area contributed by atoms with Crippen LogP contribution in [0.5, 0.6) is 0 Å². The molecule has 0 spiro atoms. The van der Waals surface area contributed by atoms with E-state index in [2.05, 4.69) is 5.32 Å². The van der Waals surface area contributed by atoms with E-state index in [0.29, 0.717) is 0 Å². The second-order valence-corrected chi connectivity index (χ2v) is 4.75. The predicted octanol–water partition coefficient (Wildman–Crippen LogP) is -1.47. The Morgan fingerprint density at radius 1 is 1.61 bits per heavy atom. The number of ether oxygens (including phenoxy) is 1. The summed E-state index contributed by atoms with van der Waals surface area (Å²) in [7, 11) is 0. The highest BCUT2D eigenvalue weighted by atomic mass is 19.1. The number of carbonyl (C=O) groups is 1. The number of halogens is 1. The molecule has 2 aliphatic rings. The van der Waals surface area contributed by atoms with E-state index in [1.807, 2.05) is 0 Å². The number of nitrogens with one attached hydrogen (secondary N) is 1. The average Bonchev–Trinajstić information content (AvgIpc) is 2.52. The van der Waals surface area contributed by atoms with Crippen molar-refractivity contribution in [1.29, 1.82) is 0 Å². The topological polar surface area (TPSA) is 102 Å². The van der Waals surface area contributed by atoms with Crippen LogP contribution in [0, 0.1) is 0 Å². The molecule has 0 aromatic carbocycles. The number of aliphatic hydroxyl groups excluding tert-OH is 3. The number of urea groups is 1. The molecule has 0 bridgehead atoms. The van der Waals surface area contributed by atoms with Crippen molar-refractivity contribution in [3.8, 4) is 0 Å². The molecule has 104 valence electrons. The summed E-state index contributed by atoms with van der Waals surface area (Å²) in [6.45, 7) is 0.702. The van der Waals surface area contributed by atoms with E-state index in [0.717, 1.165) is 11.8 Å². The van der Waals surface area contributed by atoms with E-state index in [-0.39, 0.29) is 13.0 Å². The zero-order chi connectivity index (χ0) is 13.5. The monoisotopic (exact) mass is 264 g/mol. The van der Waals surface area contributed by atoms with Gasteiger partial charge in [-0.15, -0.1) is 0 Å². The van der Waals surface area contributed by atoms with Crippen molar-refractivity contribution in [2.75, 3.05) is 13.2 Å². The zero-order valence-corrected chi connectivity index (χ0v) is 9.91. The van der Waals surface area contributed by atoms with Crippen molar-refractivity contribution in [3.63, 3.8) is 0 Å². The van der Waals surface area contributed by atoms with Gasteiger partial charge in [-0.05, 0) is 6.92 Å². The smallest absolute Gasteiger partial charge is 0.321 e. The van der Waals surface area contributed by atoms with Crippen LogP contribution in [0.15, 0.2) is 0 Å². The third kappa shape index (κ3) is 2.05. The first-order valence-electron chi connectivity index (χ1n) is 5.76. The summed E-state index contributed by atoms with van der Waals surface area (Å²) in [6, 6.07) is -0.659. The zero-order valence-electron chi connectivity index (χ0n) is 9.91. The van der Waals surface area contributed by atoms with Gasteiger partial charge in [0.1, 0.15) is 18.4 Å². The van der Waals surface area contributed by atoms with Crippen LogP contribution in [0.25, 0.3) is 0 Å². The second kappa shape index (κ2) is 4.61. The normalized spacial score (nSPS) is 45.2. The van der Waals surface area contributed by atoms with Gasteiger partial charge in [-0.3, -0.25) is 4.90 Å². The maximum Gasteiger partial charge on any atom is 0.321 e.